The van der Waals surface area contributed by atoms with Gasteiger partial charge in [0, 0.05) is 28.0 Å². The third kappa shape index (κ3) is 7.37. The largest absolute Gasteiger partial charge is 0.383 e. The topological polar surface area (TPSA) is 111 Å². The number of nitrogens with one attached hydrogen (secondary N) is 1. The van der Waals surface area contributed by atoms with E-state index in [-0.39, 0.29) is 17.3 Å². The molecule has 0 saturated heterocycles. The molecule has 31 heavy (non-hydrogen) atoms. The van der Waals surface area contributed by atoms with Gasteiger partial charge in [0.2, 0.25) is 5.91 Å². The number of carbonyl (C=O) groups excluding carboxylic acids is 2. The minimum absolute atomic E-state index is 0.199. The number of halogens is 1. The summed E-state index contributed by atoms with van der Waals surface area (Å²) in [5.41, 5.74) is 13.4. The molecule has 3 aromatic rings. The van der Waals surface area contributed by atoms with Crippen molar-refractivity contribution in [3.8, 4) is 11.8 Å². The van der Waals surface area contributed by atoms with E-state index in [1.165, 1.54) is 12.3 Å². The summed E-state index contributed by atoms with van der Waals surface area (Å²) in [6.07, 6.45) is 5.38. The monoisotopic (exact) mass is 452 g/mol. The number of nitrogens with two attached hydrogens (primary N) is 2. The van der Waals surface area contributed by atoms with E-state index in [2.05, 4.69) is 22.1 Å². The van der Waals surface area contributed by atoms with Gasteiger partial charge in [-0.25, -0.2) is 4.98 Å². The maximum Gasteiger partial charge on any atom is 0.255 e. The quantitative estimate of drug-likeness (QED) is 0.519. The lowest BCUT2D eigenvalue weighted by Crippen LogP contribution is -2.12. The Balaban J connectivity index is 0.00000107. The molecule has 5 N–H and O–H groups in total. The van der Waals surface area contributed by atoms with Gasteiger partial charge in [0.25, 0.3) is 5.91 Å². The summed E-state index contributed by atoms with van der Waals surface area (Å²) in [7, 11) is 0. The van der Waals surface area contributed by atoms with E-state index in [0.29, 0.717) is 27.4 Å². The van der Waals surface area contributed by atoms with Crippen LogP contribution in [0.4, 0.5) is 11.5 Å². The molecule has 0 atom stereocenters. The maximum atomic E-state index is 12.3. The second-order valence-corrected chi connectivity index (χ2v) is 7.47. The predicted molar refractivity (Wildman–Crippen MR) is 128 cm³/mol. The van der Waals surface area contributed by atoms with Crippen LogP contribution in [0.15, 0.2) is 60.8 Å². The molecule has 0 aliphatic rings. The Morgan fingerprint density at radius 3 is 2.35 bits per heavy atom. The normalized spacial score (nSPS) is 9.52. The first-order valence-corrected chi connectivity index (χ1v) is 11.0. The average molecular weight is 453 g/mol. The van der Waals surface area contributed by atoms with Gasteiger partial charge >= 0.3 is 0 Å². The van der Waals surface area contributed by atoms with Crippen LogP contribution < -0.4 is 16.8 Å². The Morgan fingerprint density at radius 1 is 1.03 bits per heavy atom. The Morgan fingerprint density at radius 2 is 1.71 bits per heavy atom. The van der Waals surface area contributed by atoms with Crippen LogP contribution in [0.3, 0.4) is 0 Å². The number of primary amides is 1. The highest BCUT2D eigenvalue weighted by Crippen LogP contribution is 2.15. The van der Waals surface area contributed by atoms with Crippen LogP contribution in [0.25, 0.3) is 0 Å². The van der Waals surface area contributed by atoms with Gasteiger partial charge in [0.05, 0.1) is 11.1 Å². The number of anilines is 2. The van der Waals surface area contributed by atoms with E-state index in [4.69, 9.17) is 23.1 Å². The Labute approximate surface area is 190 Å². The first-order valence-electron chi connectivity index (χ1n) is 8.98. The summed E-state index contributed by atoms with van der Waals surface area (Å²) in [5.74, 6) is 5.14. The number of thioether (sulfide) groups is 1. The first-order chi connectivity index (χ1) is 14.8. The van der Waals surface area contributed by atoms with Gasteiger partial charge in [-0.2, -0.15) is 11.8 Å². The molecule has 6 nitrogen and oxygen atoms in total. The molecule has 0 aliphatic heterocycles. The molecule has 0 aliphatic carbocycles. The van der Waals surface area contributed by atoms with Gasteiger partial charge in [-0.05, 0) is 61.0 Å². The molecule has 0 fully saturated rings. The second-order valence-electron chi connectivity index (χ2n) is 6.22. The molecule has 0 bridgehead atoms. The molecule has 1 aromatic heterocycles. The molecule has 1 heterocycles. The van der Waals surface area contributed by atoms with E-state index in [0.717, 1.165) is 0 Å². The molecular formula is C23H21ClN4O2S. The molecule has 0 unspecified atom stereocenters. The number of amides is 2. The number of benzene rings is 2. The highest BCUT2D eigenvalue weighted by molar-refractivity contribution is 7.97. The van der Waals surface area contributed by atoms with Gasteiger partial charge in [0.15, 0.2) is 0 Å². The SMILES string of the molecule is CSC.NC(=O)c1cnc(N)c(C#Cc2cccc(NC(=O)c3ccc(Cl)cc3)c2)c1. The number of nitrogen functional groups attached to an aromatic ring is 1. The lowest BCUT2D eigenvalue weighted by molar-refractivity contribution is 0.0997. The van der Waals surface area contributed by atoms with E-state index in [1.54, 1.807) is 60.3 Å². The Kier molecular flexibility index (Phi) is 8.94. The zero-order chi connectivity index (χ0) is 22.8. The van der Waals surface area contributed by atoms with Crippen molar-refractivity contribution in [3.63, 3.8) is 0 Å². The van der Waals surface area contributed by atoms with Crippen molar-refractivity contribution in [2.45, 2.75) is 0 Å². The molecular weight excluding hydrogens is 432 g/mol. The fourth-order valence-corrected chi connectivity index (χ4v) is 2.45. The van der Waals surface area contributed by atoms with E-state index >= 15 is 0 Å². The molecule has 0 radical (unpaired) electrons. The highest BCUT2D eigenvalue weighted by atomic mass is 35.5. The third-order valence-electron chi connectivity index (χ3n) is 3.77. The van der Waals surface area contributed by atoms with Gasteiger partial charge in [-0.15, -0.1) is 0 Å². The molecule has 0 spiro atoms. The summed E-state index contributed by atoms with van der Waals surface area (Å²) >= 11 is 7.58. The van der Waals surface area contributed by atoms with Gasteiger partial charge in [-0.1, -0.05) is 29.5 Å². The summed E-state index contributed by atoms with van der Waals surface area (Å²) < 4.78 is 0. The van der Waals surface area contributed by atoms with Crippen molar-refractivity contribution in [1.82, 2.24) is 4.98 Å². The molecule has 158 valence electrons. The second kappa shape index (κ2) is 11.6. The van der Waals surface area contributed by atoms with Crippen molar-refractivity contribution in [3.05, 3.63) is 88.1 Å². The minimum Gasteiger partial charge on any atom is -0.383 e. The zero-order valence-corrected chi connectivity index (χ0v) is 18.6. The van der Waals surface area contributed by atoms with Crippen molar-refractivity contribution < 1.29 is 9.59 Å². The van der Waals surface area contributed by atoms with E-state index < -0.39 is 5.91 Å². The maximum absolute atomic E-state index is 12.3. The van der Waals surface area contributed by atoms with Crippen LogP contribution in [-0.4, -0.2) is 29.3 Å². The molecule has 2 aromatic carbocycles. The van der Waals surface area contributed by atoms with Crippen LogP contribution in [0.1, 0.15) is 31.8 Å². The van der Waals surface area contributed by atoms with Crippen molar-refractivity contribution in [1.29, 1.82) is 0 Å². The molecule has 3 rings (SSSR count). The molecule has 0 saturated carbocycles. The van der Waals surface area contributed by atoms with Crippen LogP contribution in [-0.2, 0) is 0 Å². The number of hydrogen-bond donors (Lipinski definition) is 3. The van der Waals surface area contributed by atoms with Crippen LogP contribution in [0.5, 0.6) is 0 Å². The standard InChI is InChI=1S/C21H15ClN4O2.C2H6S/c22-17-8-6-14(7-9-17)21(28)26-18-3-1-2-13(10-18)4-5-15-11-16(20(24)27)12-25-19(15)23;1-3-2/h1-3,6-12H,(H2,23,25)(H2,24,27)(H,26,28);1-2H3. The molecule has 2 amide bonds. The van der Waals surface area contributed by atoms with Crippen molar-refractivity contribution in [2.75, 3.05) is 23.6 Å². The number of rotatable bonds is 3. The average Bonchev–Trinajstić information content (AvgIpc) is 2.74. The molecule has 8 heteroatoms. The fraction of sp³-hybridized carbons (Fsp3) is 0.0870. The summed E-state index contributed by atoms with van der Waals surface area (Å²) in [6.45, 7) is 0. The van der Waals surface area contributed by atoms with E-state index in [9.17, 15) is 9.59 Å². The van der Waals surface area contributed by atoms with Crippen molar-refractivity contribution in [2.24, 2.45) is 5.73 Å². The van der Waals surface area contributed by atoms with Crippen LogP contribution in [0.2, 0.25) is 5.02 Å². The number of carbonyl (C=O) groups is 2. The van der Waals surface area contributed by atoms with Gasteiger partial charge in [0.1, 0.15) is 5.82 Å². The minimum atomic E-state index is -0.609. The fourth-order valence-electron chi connectivity index (χ4n) is 2.33. The van der Waals surface area contributed by atoms with E-state index in [1.807, 2.05) is 12.5 Å². The number of aromatic nitrogens is 1. The first kappa shape index (κ1) is 23.8. The zero-order valence-electron chi connectivity index (χ0n) is 17.0. The predicted octanol–water partition coefficient (Wildman–Crippen LogP) is 4.05. The number of hydrogen-bond acceptors (Lipinski definition) is 5. The highest BCUT2D eigenvalue weighted by Gasteiger charge is 2.07. The van der Waals surface area contributed by atoms with Gasteiger partial charge < -0.3 is 16.8 Å². The lowest BCUT2D eigenvalue weighted by atomic mass is 10.1. The van der Waals surface area contributed by atoms with Crippen molar-refractivity contribution >= 4 is 46.7 Å². The smallest absolute Gasteiger partial charge is 0.255 e. The van der Waals surface area contributed by atoms with Crippen LogP contribution >= 0.6 is 23.4 Å². The summed E-state index contributed by atoms with van der Waals surface area (Å²) in [5, 5.41) is 3.36. The Hall–Kier alpha value is -3.47. The number of nitrogens with zero attached hydrogens (tertiary/aromatic N) is 1. The van der Waals surface area contributed by atoms with Gasteiger partial charge in [-0.3, -0.25) is 9.59 Å². The van der Waals surface area contributed by atoms with Crippen LogP contribution in [0, 0.1) is 11.8 Å². The summed E-state index contributed by atoms with van der Waals surface area (Å²) in [4.78, 5) is 27.5. The Bertz CT molecular complexity index is 1140. The summed E-state index contributed by atoms with van der Waals surface area (Å²) in [6, 6.07) is 15.1. The number of pyridine rings is 1. The third-order valence-corrected chi connectivity index (χ3v) is 4.02. The lowest BCUT2D eigenvalue weighted by Gasteiger charge is -2.06.